The summed E-state index contributed by atoms with van der Waals surface area (Å²) in [6, 6.07) is 0. The zero-order chi connectivity index (χ0) is 16.0. The van der Waals surface area contributed by atoms with Crippen molar-refractivity contribution >= 4 is 11.8 Å². The van der Waals surface area contributed by atoms with Gasteiger partial charge >= 0.3 is 0 Å². The van der Waals surface area contributed by atoms with Crippen molar-refractivity contribution in [3.8, 4) is 0 Å². The van der Waals surface area contributed by atoms with E-state index in [2.05, 4.69) is 9.97 Å². The fourth-order valence-corrected chi connectivity index (χ4v) is 4.04. The van der Waals surface area contributed by atoms with Crippen LogP contribution in [0, 0.1) is 18.3 Å². The van der Waals surface area contributed by atoms with Crippen LogP contribution in [0.1, 0.15) is 41.9 Å². The van der Waals surface area contributed by atoms with Gasteiger partial charge in [0.2, 0.25) is 5.91 Å². The maximum absolute atomic E-state index is 12.6. The summed E-state index contributed by atoms with van der Waals surface area (Å²) >= 11 is 0. The Morgan fingerprint density at radius 1 is 1.13 bits per heavy atom. The van der Waals surface area contributed by atoms with Gasteiger partial charge in [-0.15, -0.1) is 0 Å². The number of rotatable bonds is 2. The Morgan fingerprint density at radius 2 is 1.91 bits per heavy atom. The van der Waals surface area contributed by atoms with Gasteiger partial charge in [0.1, 0.15) is 5.69 Å². The summed E-state index contributed by atoms with van der Waals surface area (Å²) in [4.78, 5) is 37.3. The molecule has 23 heavy (non-hydrogen) atoms. The van der Waals surface area contributed by atoms with Crippen LogP contribution in [0.25, 0.3) is 0 Å². The van der Waals surface area contributed by atoms with Gasteiger partial charge in [-0.1, -0.05) is 0 Å². The lowest BCUT2D eigenvalue weighted by atomic mass is 10.0. The van der Waals surface area contributed by atoms with Crippen LogP contribution < -0.4 is 0 Å². The third kappa shape index (κ3) is 2.50. The molecule has 0 N–H and O–H groups in total. The van der Waals surface area contributed by atoms with Crippen LogP contribution in [0.2, 0.25) is 0 Å². The van der Waals surface area contributed by atoms with E-state index in [4.69, 9.17) is 0 Å². The standard InChI is InChI=1S/C17H22N4O2/c1-12-9-19-14(10-18-12)16(23)21-7-4-17(11-21)8-13(17)15(22)20-5-2-3-6-20/h9-10,13H,2-8,11H2,1H3/t13-,17-/m0/s1. The molecule has 1 spiro atoms. The monoisotopic (exact) mass is 314 g/mol. The maximum atomic E-state index is 12.6. The molecule has 2 saturated heterocycles. The molecule has 3 fully saturated rings. The summed E-state index contributed by atoms with van der Waals surface area (Å²) in [5, 5.41) is 0. The number of hydrogen-bond donors (Lipinski definition) is 0. The Bertz CT molecular complexity index is 638. The molecule has 3 heterocycles. The molecule has 2 aliphatic heterocycles. The molecule has 6 heteroatoms. The highest BCUT2D eigenvalue weighted by molar-refractivity contribution is 5.92. The number of carbonyl (C=O) groups excluding carboxylic acids is 2. The summed E-state index contributed by atoms with van der Waals surface area (Å²) in [5.41, 5.74) is 1.24. The van der Waals surface area contributed by atoms with Crippen LogP contribution in [0.5, 0.6) is 0 Å². The molecule has 1 aliphatic carbocycles. The van der Waals surface area contributed by atoms with Crippen LogP contribution in [0.3, 0.4) is 0 Å². The molecule has 0 radical (unpaired) electrons. The Morgan fingerprint density at radius 3 is 2.61 bits per heavy atom. The number of carbonyl (C=O) groups is 2. The number of aryl methyl sites for hydroxylation is 1. The highest BCUT2D eigenvalue weighted by atomic mass is 16.2. The van der Waals surface area contributed by atoms with Gasteiger partial charge in [-0.3, -0.25) is 14.6 Å². The Balaban J connectivity index is 1.41. The van der Waals surface area contributed by atoms with Crippen molar-refractivity contribution in [2.45, 2.75) is 32.6 Å². The smallest absolute Gasteiger partial charge is 0.274 e. The van der Waals surface area contributed by atoms with Crippen LogP contribution in [-0.4, -0.2) is 57.8 Å². The topological polar surface area (TPSA) is 66.4 Å². The largest absolute Gasteiger partial charge is 0.342 e. The quantitative estimate of drug-likeness (QED) is 0.824. The van der Waals surface area contributed by atoms with Crippen LogP contribution in [-0.2, 0) is 4.79 Å². The maximum Gasteiger partial charge on any atom is 0.274 e. The Hall–Kier alpha value is -1.98. The van der Waals surface area contributed by atoms with Gasteiger partial charge < -0.3 is 9.80 Å². The SMILES string of the molecule is Cc1cnc(C(=O)N2CC[C@]3(C[C@H]3C(=O)N3CCCC3)C2)cn1. The Kier molecular flexibility index (Phi) is 3.36. The summed E-state index contributed by atoms with van der Waals surface area (Å²) in [5.74, 6) is 0.378. The zero-order valence-corrected chi connectivity index (χ0v) is 13.5. The first-order chi connectivity index (χ1) is 11.1. The minimum absolute atomic E-state index is 0.0352. The summed E-state index contributed by atoms with van der Waals surface area (Å²) in [6.07, 6.45) is 7.29. The molecule has 1 saturated carbocycles. The van der Waals surface area contributed by atoms with Gasteiger partial charge in [0.05, 0.1) is 11.9 Å². The average Bonchev–Trinajstić information content (AvgIpc) is 2.94. The summed E-state index contributed by atoms with van der Waals surface area (Å²) < 4.78 is 0. The van der Waals surface area contributed by atoms with Crippen LogP contribution in [0.15, 0.2) is 12.4 Å². The molecule has 1 aromatic rings. The van der Waals surface area contributed by atoms with E-state index in [1.807, 2.05) is 16.7 Å². The van der Waals surface area contributed by atoms with Crippen molar-refractivity contribution in [2.24, 2.45) is 11.3 Å². The molecule has 1 aromatic heterocycles. The minimum Gasteiger partial charge on any atom is -0.342 e. The van der Waals surface area contributed by atoms with Gasteiger partial charge in [0.25, 0.3) is 5.91 Å². The molecule has 122 valence electrons. The second kappa shape index (κ2) is 5.28. The molecular formula is C17H22N4O2. The lowest BCUT2D eigenvalue weighted by Crippen LogP contribution is -2.33. The second-order valence-electron chi connectivity index (χ2n) is 7.17. The fraction of sp³-hybridized carbons (Fsp3) is 0.647. The zero-order valence-electron chi connectivity index (χ0n) is 13.5. The first-order valence-electron chi connectivity index (χ1n) is 8.46. The van der Waals surface area contributed by atoms with E-state index in [0.717, 1.165) is 51.0 Å². The molecule has 2 atom stereocenters. The van der Waals surface area contributed by atoms with Crippen molar-refractivity contribution in [2.75, 3.05) is 26.2 Å². The van der Waals surface area contributed by atoms with Gasteiger partial charge in [0, 0.05) is 43.7 Å². The molecule has 3 aliphatic rings. The van der Waals surface area contributed by atoms with E-state index in [0.29, 0.717) is 18.1 Å². The van der Waals surface area contributed by atoms with E-state index in [9.17, 15) is 9.59 Å². The third-order valence-corrected chi connectivity index (χ3v) is 5.58. The van der Waals surface area contributed by atoms with Gasteiger partial charge in [-0.05, 0) is 32.6 Å². The number of amides is 2. The van der Waals surface area contributed by atoms with Crippen molar-refractivity contribution in [1.29, 1.82) is 0 Å². The van der Waals surface area contributed by atoms with E-state index >= 15 is 0 Å². The van der Waals surface area contributed by atoms with E-state index in [1.165, 1.54) is 0 Å². The predicted octanol–water partition coefficient (Wildman–Crippen LogP) is 1.26. The molecule has 0 unspecified atom stereocenters. The number of hydrogen-bond acceptors (Lipinski definition) is 4. The van der Waals surface area contributed by atoms with Crippen LogP contribution in [0.4, 0.5) is 0 Å². The van der Waals surface area contributed by atoms with Crippen molar-refractivity contribution in [3.05, 3.63) is 23.8 Å². The van der Waals surface area contributed by atoms with Crippen molar-refractivity contribution < 1.29 is 9.59 Å². The van der Waals surface area contributed by atoms with Crippen LogP contribution >= 0.6 is 0 Å². The number of aromatic nitrogens is 2. The van der Waals surface area contributed by atoms with Crippen molar-refractivity contribution in [1.82, 2.24) is 19.8 Å². The molecule has 6 nitrogen and oxygen atoms in total. The summed E-state index contributed by atoms with van der Waals surface area (Å²) in [7, 11) is 0. The average molecular weight is 314 g/mol. The minimum atomic E-state index is -0.0614. The third-order valence-electron chi connectivity index (χ3n) is 5.58. The molecule has 0 bridgehead atoms. The predicted molar refractivity (Wildman–Crippen MR) is 83.6 cm³/mol. The molecule has 4 rings (SSSR count). The lowest BCUT2D eigenvalue weighted by Gasteiger charge is -2.18. The van der Waals surface area contributed by atoms with Gasteiger partial charge in [-0.2, -0.15) is 0 Å². The second-order valence-corrected chi connectivity index (χ2v) is 7.17. The lowest BCUT2D eigenvalue weighted by molar-refractivity contribution is -0.132. The normalized spacial score (nSPS) is 29.3. The first kappa shape index (κ1) is 14.6. The fourth-order valence-electron chi connectivity index (χ4n) is 4.04. The van der Waals surface area contributed by atoms with E-state index in [-0.39, 0.29) is 17.2 Å². The van der Waals surface area contributed by atoms with Crippen molar-refractivity contribution in [3.63, 3.8) is 0 Å². The number of likely N-dealkylation sites (tertiary alicyclic amines) is 2. The van der Waals surface area contributed by atoms with E-state index < -0.39 is 0 Å². The first-order valence-corrected chi connectivity index (χ1v) is 8.46. The van der Waals surface area contributed by atoms with E-state index in [1.54, 1.807) is 12.4 Å². The molecule has 0 aromatic carbocycles. The molecular weight excluding hydrogens is 292 g/mol. The Labute approximate surface area is 135 Å². The number of nitrogens with zero attached hydrogens (tertiary/aromatic N) is 4. The highest BCUT2D eigenvalue weighted by Crippen LogP contribution is 2.59. The van der Waals surface area contributed by atoms with Gasteiger partial charge in [0.15, 0.2) is 0 Å². The molecule has 2 amide bonds. The summed E-state index contributed by atoms with van der Waals surface area (Å²) in [6.45, 7) is 5.08. The van der Waals surface area contributed by atoms with Gasteiger partial charge in [-0.25, -0.2) is 4.98 Å². The highest BCUT2D eigenvalue weighted by Gasteiger charge is 2.62.